The van der Waals surface area contributed by atoms with Crippen molar-refractivity contribution in [1.29, 1.82) is 0 Å². The van der Waals surface area contributed by atoms with Gasteiger partial charge in [-0.05, 0) is 32.9 Å². The molecule has 1 rings (SSSR count). The number of nitrogens with one attached hydrogen (secondary N) is 1. The molecule has 0 amide bonds. The zero-order valence-electron chi connectivity index (χ0n) is 9.75. The number of rotatable bonds is 6. The average Bonchev–Trinajstić information content (AvgIpc) is 2.53. The highest BCUT2D eigenvalue weighted by molar-refractivity contribution is 4.80. The maximum Gasteiger partial charge on any atom is 0.0628 e. The number of ether oxygens (including phenoxy) is 1. The summed E-state index contributed by atoms with van der Waals surface area (Å²) >= 11 is 0. The molecule has 1 fully saturated rings. The van der Waals surface area contributed by atoms with Crippen LogP contribution in [-0.4, -0.2) is 50.3 Å². The Bertz CT molecular complexity index is 146. The van der Waals surface area contributed by atoms with Crippen LogP contribution >= 0.6 is 0 Å². The van der Waals surface area contributed by atoms with E-state index in [-0.39, 0.29) is 0 Å². The van der Waals surface area contributed by atoms with Crippen LogP contribution < -0.4 is 5.32 Å². The monoisotopic (exact) mass is 200 g/mol. The fraction of sp³-hybridized carbons (Fsp3) is 1.00. The minimum atomic E-state index is 0.491. The van der Waals surface area contributed by atoms with Crippen molar-refractivity contribution in [1.82, 2.24) is 10.2 Å². The fourth-order valence-electron chi connectivity index (χ4n) is 2.21. The molecule has 0 aliphatic carbocycles. The SMILES string of the molecule is CCNC(COC)CN1CCCC1C. The first kappa shape index (κ1) is 12.0. The van der Waals surface area contributed by atoms with Gasteiger partial charge in [-0.2, -0.15) is 0 Å². The van der Waals surface area contributed by atoms with Crippen LogP contribution in [0.5, 0.6) is 0 Å². The van der Waals surface area contributed by atoms with E-state index in [1.807, 2.05) is 0 Å². The third-order valence-corrected chi connectivity index (χ3v) is 3.01. The largest absolute Gasteiger partial charge is 0.383 e. The van der Waals surface area contributed by atoms with Crippen molar-refractivity contribution in [2.45, 2.75) is 38.8 Å². The molecule has 0 saturated carbocycles. The van der Waals surface area contributed by atoms with Crippen molar-refractivity contribution in [3.63, 3.8) is 0 Å². The molecule has 0 bridgehead atoms. The van der Waals surface area contributed by atoms with E-state index in [1.165, 1.54) is 19.4 Å². The van der Waals surface area contributed by atoms with Crippen LogP contribution in [0.3, 0.4) is 0 Å². The lowest BCUT2D eigenvalue weighted by Crippen LogP contribution is -2.44. The van der Waals surface area contributed by atoms with Gasteiger partial charge in [0.15, 0.2) is 0 Å². The fourth-order valence-corrected chi connectivity index (χ4v) is 2.21. The number of hydrogen-bond acceptors (Lipinski definition) is 3. The first-order chi connectivity index (χ1) is 6.77. The van der Waals surface area contributed by atoms with E-state index < -0.39 is 0 Å². The van der Waals surface area contributed by atoms with Crippen molar-refractivity contribution in [3.05, 3.63) is 0 Å². The van der Waals surface area contributed by atoms with Crippen LogP contribution in [0.25, 0.3) is 0 Å². The van der Waals surface area contributed by atoms with Crippen LogP contribution in [0.4, 0.5) is 0 Å². The Kier molecular flexibility index (Phi) is 5.45. The Balaban J connectivity index is 2.29. The van der Waals surface area contributed by atoms with Gasteiger partial charge >= 0.3 is 0 Å². The summed E-state index contributed by atoms with van der Waals surface area (Å²) in [5, 5.41) is 3.46. The van der Waals surface area contributed by atoms with Gasteiger partial charge < -0.3 is 10.1 Å². The quantitative estimate of drug-likeness (QED) is 0.695. The van der Waals surface area contributed by atoms with E-state index >= 15 is 0 Å². The van der Waals surface area contributed by atoms with Gasteiger partial charge in [-0.25, -0.2) is 0 Å². The third-order valence-electron chi connectivity index (χ3n) is 3.01. The number of methoxy groups -OCH3 is 1. The zero-order chi connectivity index (χ0) is 10.4. The molecule has 1 N–H and O–H groups in total. The van der Waals surface area contributed by atoms with E-state index in [0.29, 0.717) is 6.04 Å². The number of nitrogens with zero attached hydrogens (tertiary/aromatic N) is 1. The second-order valence-corrected chi connectivity index (χ2v) is 4.20. The van der Waals surface area contributed by atoms with Gasteiger partial charge in [0.1, 0.15) is 0 Å². The molecular weight excluding hydrogens is 176 g/mol. The summed E-state index contributed by atoms with van der Waals surface area (Å²) in [5.41, 5.74) is 0. The van der Waals surface area contributed by atoms with Crippen molar-refractivity contribution >= 4 is 0 Å². The van der Waals surface area contributed by atoms with Crippen molar-refractivity contribution in [2.24, 2.45) is 0 Å². The average molecular weight is 200 g/mol. The predicted octanol–water partition coefficient (Wildman–Crippen LogP) is 1.10. The number of likely N-dealkylation sites (N-methyl/N-ethyl adjacent to an activating group) is 1. The maximum atomic E-state index is 5.21. The molecule has 1 aliphatic heterocycles. The molecule has 3 nitrogen and oxygen atoms in total. The van der Waals surface area contributed by atoms with Crippen LogP contribution in [-0.2, 0) is 4.74 Å². The molecule has 2 unspecified atom stereocenters. The van der Waals surface area contributed by atoms with Gasteiger partial charge in [-0.1, -0.05) is 6.92 Å². The number of hydrogen-bond donors (Lipinski definition) is 1. The van der Waals surface area contributed by atoms with Crippen LogP contribution in [0.15, 0.2) is 0 Å². The molecule has 0 radical (unpaired) electrons. The van der Waals surface area contributed by atoms with Crippen LogP contribution in [0, 0.1) is 0 Å². The Labute approximate surface area is 87.8 Å². The summed E-state index contributed by atoms with van der Waals surface area (Å²) in [5.74, 6) is 0. The summed E-state index contributed by atoms with van der Waals surface area (Å²) < 4.78 is 5.21. The first-order valence-corrected chi connectivity index (χ1v) is 5.74. The van der Waals surface area contributed by atoms with Gasteiger partial charge in [0.2, 0.25) is 0 Å². The summed E-state index contributed by atoms with van der Waals surface area (Å²) in [4.78, 5) is 2.56. The molecule has 14 heavy (non-hydrogen) atoms. The molecule has 0 aromatic carbocycles. The summed E-state index contributed by atoms with van der Waals surface area (Å²) in [7, 11) is 1.78. The second-order valence-electron chi connectivity index (χ2n) is 4.20. The highest BCUT2D eigenvalue weighted by Gasteiger charge is 2.22. The lowest BCUT2D eigenvalue weighted by atomic mass is 10.2. The standard InChI is InChI=1S/C11H24N2O/c1-4-12-11(9-14-3)8-13-7-5-6-10(13)2/h10-12H,4-9H2,1-3H3. The molecule has 1 saturated heterocycles. The lowest BCUT2D eigenvalue weighted by molar-refractivity contribution is 0.136. The van der Waals surface area contributed by atoms with Crippen molar-refractivity contribution < 1.29 is 4.74 Å². The van der Waals surface area contributed by atoms with Gasteiger partial charge in [-0.15, -0.1) is 0 Å². The molecule has 1 aliphatic rings. The van der Waals surface area contributed by atoms with E-state index in [9.17, 15) is 0 Å². The summed E-state index contributed by atoms with van der Waals surface area (Å²) in [6.07, 6.45) is 2.71. The predicted molar refractivity (Wildman–Crippen MR) is 59.6 cm³/mol. The topological polar surface area (TPSA) is 24.5 Å². The minimum absolute atomic E-state index is 0.491. The van der Waals surface area contributed by atoms with Gasteiger partial charge in [0.05, 0.1) is 6.61 Å². The minimum Gasteiger partial charge on any atom is -0.383 e. The normalized spacial score (nSPS) is 25.5. The van der Waals surface area contributed by atoms with Crippen molar-refractivity contribution in [2.75, 3.05) is 33.4 Å². The second kappa shape index (κ2) is 6.38. The lowest BCUT2D eigenvalue weighted by Gasteiger charge is -2.27. The molecule has 84 valence electrons. The van der Waals surface area contributed by atoms with Crippen LogP contribution in [0.1, 0.15) is 26.7 Å². The third kappa shape index (κ3) is 3.56. The van der Waals surface area contributed by atoms with Gasteiger partial charge in [0.25, 0.3) is 0 Å². The molecule has 0 aromatic heterocycles. The molecule has 1 heterocycles. The Morgan fingerprint density at radius 1 is 1.57 bits per heavy atom. The van der Waals surface area contributed by atoms with Crippen molar-refractivity contribution in [3.8, 4) is 0 Å². The molecule has 0 aromatic rings. The molecule has 2 atom stereocenters. The molecule has 3 heteroatoms. The highest BCUT2D eigenvalue weighted by Crippen LogP contribution is 2.16. The molecule has 0 spiro atoms. The van der Waals surface area contributed by atoms with E-state index in [0.717, 1.165) is 25.7 Å². The van der Waals surface area contributed by atoms with Gasteiger partial charge in [-0.3, -0.25) is 4.90 Å². The van der Waals surface area contributed by atoms with E-state index in [4.69, 9.17) is 4.74 Å². The smallest absolute Gasteiger partial charge is 0.0628 e. The Morgan fingerprint density at radius 3 is 2.86 bits per heavy atom. The number of likely N-dealkylation sites (tertiary alicyclic amines) is 1. The van der Waals surface area contributed by atoms with Crippen LogP contribution in [0.2, 0.25) is 0 Å². The highest BCUT2D eigenvalue weighted by atomic mass is 16.5. The van der Waals surface area contributed by atoms with Gasteiger partial charge in [0, 0.05) is 25.7 Å². The summed E-state index contributed by atoms with van der Waals surface area (Å²) in [6, 6.07) is 1.25. The Morgan fingerprint density at radius 2 is 2.36 bits per heavy atom. The Hall–Kier alpha value is -0.120. The molecular formula is C11H24N2O. The zero-order valence-corrected chi connectivity index (χ0v) is 9.75. The summed E-state index contributed by atoms with van der Waals surface area (Å²) in [6.45, 7) is 8.70. The van der Waals surface area contributed by atoms with E-state index in [2.05, 4.69) is 24.1 Å². The first-order valence-electron chi connectivity index (χ1n) is 5.74. The van der Waals surface area contributed by atoms with E-state index in [1.54, 1.807) is 7.11 Å². The maximum absolute atomic E-state index is 5.21.